The van der Waals surface area contributed by atoms with Crippen molar-refractivity contribution in [1.29, 1.82) is 0 Å². The highest BCUT2D eigenvalue weighted by molar-refractivity contribution is 8.05. The van der Waals surface area contributed by atoms with Crippen LogP contribution in [0.1, 0.15) is 5.01 Å². The summed E-state index contributed by atoms with van der Waals surface area (Å²) in [7, 11) is 0. The highest BCUT2D eigenvalue weighted by Crippen LogP contribution is 2.42. The normalized spacial score (nSPS) is 20.9. The number of nitro groups is 1. The monoisotopic (exact) mass is 428 g/mol. The zero-order valence-electron chi connectivity index (χ0n) is 14.4. The van der Waals surface area contributed by atoms with E-state index in [2.05, 4.69) is 15.3 Å². The fourth-order valence-electron chi connectivity index (χ4n) is 3.24. The van der Waals surface area contributed by atoms with Crippen molar-refractivity contribution in [3.05, 3.63) is 62.2 Å². The van der Waals surface area contributed by atoms with Crippen LogP contribution in [0.2, 0.25) is 0 Å². The van der Waals surface area contributed by atoms with Crippen molar-refractivity contribution in [1.82, 2.24) is 9.97 Å². The zero-order valence-corrected chi connectivity index (χ0v) is 16.9. The van der Waals surface area contributed by atoms with Crippen molar-refractivity contribution in [2.24, 2.45) is 5.92 Å². The van der Waals surface area contributed by atoms with Crippen molar-refractivity contribution in [3.8, 4) is 0 Å². The fourth-order valence-corrected chi connectivity index (χ4v) is 6.25. The summed E-state index contributed by atoms with van der Waals surface area (Å²) >= 11 is 4.45. The number of hydrogen-bond donors (Lipinski definition) is 1. The maximum absolute atomic E-state index is 12.7. The molecule has 28 heavy (non-hydrogen) atoms. The number of nitrogens with zero attached hydrogens (tertiary/aromatic N) is 3. The lowest BCUT2D eigenvalue weighted by Gasteiger charge is -2.13. The Labute approximate surface area is 171 Å². The average Bonchev–Trinajstić information content (AvgIpc) is 3.35. The third kappa shape index (κ3) is 2.93. The standard InChI is InChI=1S/C18H12N4O3S3/c1-8-19-15-13(26-8)5-3-11-16(15)28-18(20-11)21-17(23)14-7-9-6-10(22(24)25)2-4-12(9)27-14/h2-7,9,12H,1H3,(H,20,21,23)/t9-,12+/m1/s1. The number of hydrogen-bond acceptors (Lipinski definition) is 8. The smallest absolute Gasteiger partial charge is 0.265 e. The van der Waals surface area contributed by atoms with Crippen LogP contribution in [0.4, 0.5) is 5.13 Å². The molecule has 0 saturated heterocycles. The lowest BCUT2D eigenvalue weighted by atomic mass is 9.98. The van der Waals surface area contributed by atoms with Crippen LogP contribution in [0.5, 0.6) is 0 Å². The van der Waals surface area contributed by atoms with Gasteiger partial charge in [-0.05, 0) is 19.1 Å². The van der Waals surface area contributed by atoms with Crippen LogP contribution in [-0.4, -0.2) is 26.0 Å². The molecule has 0 spiro atoms. The molecule has 1 aliphatic heterocycles. The highest BCUT2D eigenvalue weighted by atomic mass is 32.2. The largest absolute Gasteiger partial charge is 0.297 e. The van der Waals surface area contributed by atoms with E-state index in [1.54, 1.807) is 29.6 Å². The number of thiazole rings is 2. The van der Waals surface area contributed by atoms with Gasteiger partial charge in [-0.15, -0.1) is 23.1 Å². The Morgan fingerprint density at radius 3 is 2.93 bits per heavy atom. The molecule has 1 aliphatic carbocycles. The number of allylic oxidation sites excluding steroid dienone is 3. The molecule has 3 heterocycles. The maximum Gasteiger partial charge on any atom is 0.265 e. The summed E-state index contributed by atoms with van der Waals surface area (Å²) < 4.78 is 2.06. The molecule has 1 aromatic carbocycles. The molecular weight excluding hydrogens is 416 g/mol. The topological polar surface area (TPSA) is 98.0 Å². The van der Waals surface area contributed by atoms with Crippen LogP contribution >= 0.6 is 34.4 Å². The van der Waals surface area contributed by atoms with Crippen LogP contribution < -0.4 is 5.32 Å². The molecule has 2 aromatic heterocycles. The van der Waals surface area contributed by atoms with Gasteiger partial charge in [-0.2, -0.15) is 0 Å². The van der Waals surface area contributed by atoms with Crippen LogP contribution in [0, 0.1) is 23.0 Å². The number of nitrogens with one attached hydrogen (secondary N) is 1. The van der Waals surface area contributed by atoms with Crippen molar-refractivity contribution < 1.29 is 9.72 Å². The second kappa shape index (κ2) is 6.50. The van der Waals surface area contributed by atoms with Gasteiger partial charge in [0, 0.05) is 23.3 Å². The van der Waals surface area contributed by atoms with Gasteiger partial charge in [-0.1, -0.05) is 23.5 Å². The first-order valence-corrected chi connectivity index (χ1v) is 10.9. The molecule has 2 aliphatic rings. The predicted octanol–water partition coefficient (Wildman–Crippen LogP) is 4.50. The van der Waals surface area contributed by atoms with Gasteiger partial charge in [0.2, 0.25) is 0 Å². The van der Waals surface area contributed by atoms with E-state index >= 15 is 0 Å². The van der Waals surface area contributed by atoms with Crippen LogP contribution in [0.15, 0.2) is 47.0 Å². The summed E-state index contributed by atoms with van der Waals surface area (Å²) in [5.74, 6) is -0.391. The number of benzene rings is 1. The van der Waals surface area contributed by atoms with E-state index in [-0.39, 0.29) is 22.8 Å². The molecule has 7 nitrogen and oxygen atoms in total. The molecule has 1 amide bonds. The molecule has 2 atom stereocenters. The van der Waals surface area contributed by atoms with Crippen LogP contribution in [0.3, 0.4) is 0 Å². The molecule has 10 heteroatoms. The molecular formula is C18H12N4O3S3. The Balaban J connectivity index is 1.40. The van der Waals surface area contributed by atoms with E-state index in [1.807, 2.05) is 19.1 Å². The average molecular weight is 429 g/mol. The van der Waals surface area contributed by atoms with Crippen molar-refractivity contribution in [3.63, 3.8) is 0 Å². The van der Waals surface area contributed by atoms with Gasteiger partial charge < -0.3 is 0 Å². The number of rotatable bonds is 3. The van der Waals surface area contributed by atoms with Gasteiger partial charge in [0.15, 0.2) is 5.13 Å². The summed E-state index contributed by atoms with van der Waals surface area (Å²) in [6.07, 6.45) is 6.66. The first kappa shape index (κ1) is 17.5. The lowest BCUT2D eigenvalue weighted by molar-refractivity contribution is -0.419. The minimum atomic E-state index is -0.411. The van der Waals surface area contributed by atoms with Crippen LogP contribution in [-0.2, 0) is 4.79 Å². The van der Waals surface area contributed by atoms with Gasteiger partial charge in [-0.25, -0.2) is 9.97 Å². The zero-order chi connectivity index (χ0) is 19.4. The van der Waals surface area contributed by atoms with E-state index in [4.69, 9.17) is 0 Å². The van der Waals surface area contributed by atoms with E-state index in [0.717, 1.165) is 25.4 Å². The van der Waals surface area contributed by atoms with E-state index in [0.29, 0.717) is 10.0 Å². The molecule has 1 N–H and O–H groups in total. The quantitative estimate of drug-likeness (QED) is 0.487. The highest BCUT2D eigenvalue weighted by Gasteiger charge is 2.33. The van der Waals surface area contributed by atoms with Gasteiger partial charge in [0.05, 0.1) is 29.8 Å². The molecule has 0 unspecified atom stereocenters. The number of aromatic nitrogens is 2. The molecule has 3 aromatic rings. The molecule has 140 valence electrons. The molecule has 0 radical (unpaired) electrons. The first-order chi connectivity index (χ1) is 13.5. The Kier molecular flexibility index (Phi) is 4.07. The van der Waals surface area contributed by atoms with Gasteiger partial charge >= 0.3 is 0 Å². The Morgan fingerprint density at radius 2 is 2.11 bits per heavy atom. The maximum atomic E-state index is 12.7. The van der Waals surface area contributed by atoms with Crippen LogP contribution in [0.25, 0.3) is 20.4 Å². The second-order valence-corrected chi connectivity index (χ2v) is 9.82. The van der Waals surface area contributed by atoms with Gasteiger partial charge in [0.1, 0.15) is 5.52 Å². The number of anilines is 1. The molecule has 0 saturated carbocycles. The molecule has 0 fully saturated rings. The van der Waals surface area contributed by atoms with Crippen molar-refractivity contribution >= 4 is 65.9 Å². The van der Waals surface area contributed by atoms with E-state index in [9.17, 15) is 14.9 Å². The number of carbonyl (C=O) groups excluding carboxylic acids is 1. The summed E-state index contributed by atoms with van der Waals surface area (Å²) in [5, 5.41) is 15.3. The number of aryl methyl sites for hydroxylation is 1. The SMILES string of the molecule is Cc1nc2c(ccc3nc(NC(=O)C4=C[C@H]5C=C([N+](=O)[O-])C=C[C@@H]5S4)sc32)s1. The summed E-state index contributed by atoms with van der Waals surface area (Å²) in [6.45, 7) is 1.97. The molecule has 0 bridgehead atoms. The predicted molar refractivity (Wildman–Crippen MR) is 113 cm³/mol. The first-order valence-electron chi connectivity index (χ1n) is 8.39. The third-order valence-corrected chi connectivity index (χ3v) is 7.73. The number of fused-ring (bicyclic) bond motifs is 4. The Hall–Kier alpha value is -2.56. The summed E-state index contributed by atoms with van der Waals surface area (Å²) in [5.41, 5.74) is 1.79. The van der Waals surface area contributed by atoms with Crippen molar-refractivity contribution in [2.45, 2.75) is 12.2 Å². The number of thioether (sulfide) groups is 1. The van der Waals surface area contributed by atoms with Gasteiger partial charge in [-0.3, -0.25) is 20.2 Å². The fraction of sp³-hybridized carbons (Fsp3) is 0.167. The van der Waals surface area contributed by atoms with E-state index < -0.39 is 4.92 Å². The number of carbonyl (C=O) groups is 1. The summed E-state index contributed by atoms with van der Waals surface area (Å²) in [4.78, 5) is 32.9. The van der Waals surface area contributed by atoms with Gasteiger partial charge in [0.25, 0.3) is 11.6 Å². The second-order valence-electron chi connectivity index (χ2n) is 6.37. The minimum absolute atomic E-state index is 0.0115. The minimum Gasteiger partial charge on any atom is -0.297 e. The van der Waals surface area contributed by atoms with Crippen molar-refractivity contribution in [2.75, 3.05) is 5.32 Å². The summed E-state index contributed by atoms with van der Waals surface area (Å²) in [6, 6.07) is 3.94. The number of amides is 1. The lowest BCUT2D eigenvalue weighted by Crippen LogP contribution is -2.13. The Bertz CT molecular complexity index is 1250. The molecule has 5 rings (SSSR count). The third-order valence-electron chi connectivity index (χ3n) is 4.48. The van der Waals surface area contributed by atoms with E-state index in [1.165, 1.54) is 29.2 Å². The Morgan fingerprint density at radius 1 is 1.25 bits per heavy atom.